The van der Waals surface area contributed by atoms with Crippen LogP contribution in [0.25, 0.3) is 22.4 Å². The lowest BCUT2D eigenvalue weighted by Gasteiger charge is -2.11. The first-order chi connectivity index (χ1) is 14.1. The summed E-state index contributed by atoms with van der Waals surface area (Å²) in [5.74, 6) is 1.88. The van der Waals surface area contributed by atoms with Crippen LogP contribution in [-0.2, 0) is 0 Å². The Morgan fingerprint density at radius 3 is 2.48 bits per heavy atom. The van der Waals surface area contributed by atoms with Crippen molar-refractivity contribution in [3.63, 3.8) is 0 Å². The van der Waals surface area contributed by atoms with E-state index in [1.807, 2.05) is 62.4 Å². The van der Waals surface area contributed by atoms with E-state index in [1.54, 1.807) is 0 Å². The summed E-state index contributed by atoms with van der Waals surface area (Å²) in [5, 5.41) is 4.38. The summed E-state index contributed by atoms with van der Waals surface area (Å²) in [5.41, 5.74) is 1.53. The smallest absolute Gasteiger partial charge is 0.291 e. The first-order valence-electron chi connectivity index (χ1n) is 9.16. The molecular weight excluding hydrogens is 454 g/mol. The normalized spacial score (nSPS) is 11.9. The van der Waals surface area contributed by atoms with Gasteiger partial charge in [-0.15, -0.1) is 5.10 Å². The zero-order chi connectivity index (χ0) is 20.4. The first-order valence-corrected chi connectivity index (χ1v) is 10.8. The molecule has 0 fully saturated rings. The fourth-order valence-corrected chi connectivity index (χ4v) is 4.04. The Balaban J connectivity index is 1.72. The van der Waals surface area contributed by atoms with E-state index in [2.05, 4.69) is 26.0 Å². The van der Waals surface area contributed by atoms with Crippen LogP contribution in [0.2, 0.25) is 0 Å². The largest absolute Gasteiger partial charge is 0.490 e. The van der Waals surface area contributed by atoms with Gasteiger partial charge in [0.05, 0.1) is 17.7 Å². The number of rotatable bonds is 6. The second kappa shape index (κ2) is 8.34. The van der Waals surface area contributed by atoms with Crippen molar-refractivity contribution in [2.75, 3.05) is 13.2 Å². The Morgan fingerprint density at radius 2 is 1.79 bits per heavy atom. The van der Waals surface area contributed by atoms with Crippen molar-refractivity contribution >= 4 is 38.3 Å². The molecule has 4 aromatic rings. The molecule has 6 nitrogen and oxygen atoms in total. The third kappa shape index (κ3) is 4.04. The van der Waals surface area contributed by atoms with Gasteiger partial charge in [0.1, 0.15) is 0 Å². The van der Waals surface area contributed by atoms with Crippen LogP contribution in [0.5, 0.6) is 11.5 Å². The van der Waals surface area contributed by atoms with Crippen LogP contribution in [0.1, 0.15) is 19.4 Å². The lowest BCUT2D eigenvalue weighted by atomic mass is 10.2. The molecule has 0 aliphatic carbocycles. The molecule has 0 saturated heterocycles. The van der Waals surface area contributed by atoms with E-state index >= 15 is 0 Å². The topological polar surface area (TPSA) is 65.7 Å². The van der Waals surface area contributed by atoms with Gasteiger partial charge < -0.3 is 9.47 Å². The van der Waals surface area contributed by atoms with E-state index in [4.69, 9.17) is 9.47 Å². The van der Waals surface area contributed by atoms with Gasteiger partial charge in [0, 0.05) is 10.0 Å². The second-order valence-corrected chi connectivity index (χ2v) is 8.05. The molecule has 29 heavy (non-hydrogen) atoms. The van der Waals surface area contributed by atoms with Crippen LogP contribution >= 0.6 is 27.3 Å². The molecule has 148 valence electrons. The van der Waals surface area contributed by atoms with Gasteiger partial charge in [-0.05, 0) is 49.8 Å². The first kappa shape index (κ1) is 19.6. The highest BCUT2D eigenvalue weighted by Crippen LogP contribution is 2.28. The van der Waals surface area contributed by atoms with Crippen LogP contribution in [0, 0.1) is 0 Å². The van der Waals surface area contributed by atoms with Crippen molar-refractivity contribution in [3.8, 4) is 22.9 Å². The molecule has 8 heteroatoms. The molecule has 0 aliphatic heterocycles. The maximum Gasteiger partial charge on any atom is 0.291 e. The summed E-state index contributed by atoms with van der Waals surface area (Å²) in [7, 11) is 0. The number of nitrogens with zero attached hydrogens (tertiary/aromatic N) is 3. The lowest BCUT2D eigenvalue weighted by molar-refractivity contribution is 0.287. The Hall–Kier alpha value is -2.71. The molecule has 0 bridgehead atoms. The molecule has 4 rings (SSSR count). The summed E-state index contributed by atoms with van der Waals surface area (Å²) in [6, 6.07) is 13.3. The average molecular weight is 472 g/mol. The van der Waals surface area contributed by atoms with Gasteiger partial charge in [-0.1, -0.05) is 45.5 Å². The van der Waals surface area contributed by atoms with Gasteiger partial charge in [-0.3, -0.25) is 4.79 Å². The van der Waals surface area contributed by atoms with Crippen LogP contribution in [0.3, 0.4) is 0 Å². The Bertz CT molecular complexity index is 1270. The molecule has 0 aliphatic rings. The van der Waals surface area contributed by atoms with Crippen molar-refractivity contribution < 1.29 is 9.47 Å². The molecule has 0 unspecified atom stereocenters. The molecule has 0 amide bonds. The zero-order valence-corrected chi connectivity index (χ0v) is 18.3. The fraction of sp³-hybridized carbons (Fsp3) is 0.190. The number of hydrogen-bond donors (Lipinski definition) is 0. The van der Waals surface area contributed by atoms with Gasteiger partial charge in [-0.25, -0.2) is 0 Å². The van der Waals surface area contributed by atoms with Crippen LogP contribution in [0.4, 0.5) is 0 Å². The third-order valence-electron chi connectivity index (χ3n) is 4.15. The van der Waals surface area contributed by atoms with Crippen molar-refractivity contribution in [2.45, 2.75) is 13.8 Å². The van der Waals surface area contributed by atoms with E-state index < -0.39 is 0 Å². The molecule has 0 atom stereocenters. The Labute approximate surface area is 179 Å². The highest BCUT2D eigenvalue weighted by Gasteiger charge is 2.12. The zero-order valence-electron chi connectivity index (χ0n) is 15.9. The van der Waals surface area contributed by atoms with Gasteiger partial charge in [-0.2, -0.15) is 9.50 Å². The molecule has 2 heterocycles. The highest BCUT2D eigenvalue weighted by atomic mass is 79.9. The number of thiazole rings is 1. The fourth-order valence-electron chi connectivity index (χ4n) is 2.86. The summed E-state index contributed by atoms with van der Waals surface area (Å²) < 4.78 is 14.1. The quantitative estimate of drug-likeness (QED) is 0.426. The third-order valence-corrected chi connectivity index (χ3v) is 5.64. The monoisotopic (exact) mass is 471 g/mol. The SMILES string of the molecule is CCOc1ccc(C=c2sc3nc(-c4ccc(Br)cc4)nn3c2=O)cc1OCC. The molecule has 0 spiro atoms. The molecule has 0 saturated carbocycles. The maximum atomic E-state index is 12.8. The van der Waals surface area contributed by atoms with E-state index in [0.29, 0.717) is 40.0 Å². The molecule has 0 radical (unpaired) electrons. The van der Waals surface area contributed by atoms with Gasteiger partial charge in [0.2, 0.25) is 4.96 Å². The van der Waals surface area contributed by atoms with Crippen molar-refractivity contribution in [1.29, 1.82) is 0 Å². The van der Waals surface area contributed by atoms with E-state index in [0.717, 1.165) is 15.6 Å². The predicted octanol–water partition coefficient (Wildman–Crippen LogP) is 3.93. The van der Waals surface area contributed by atoms with Gasteiger partial charge in [0.15, 0.2) is 17.3 Å². The van der Waals surface area contributed by atoms with Gasteiger partial charge >= 0.3 is 0 Å². The van der Waals surface area contributed by atoms with Crippen molar-refractivity contribution in [1.82, 2.24) is 14.6 Å². The number of halogens is 1. The molecule has 2 aromatic carbocycles. The van der Waals surface area contributed by atoms with E-state index in [9.17, 15) is 4.79 Å². The predicted molar refractivity (Wildman–Crippen MR) is 118 cm³/mol. The van der Waals surface area contributed by atoms with Crippen molar-refractivity contribution in [3.05, 3.63) is 67.4 Å². The molecule has 0 N–H and O–H groups in total. The highest BCUT2D eigenvalue weighted by molar-refractivity contribution is 9.10. The second-order valence-electron chi connectivity index (χ2n) is 6.12. The van der Waals surface area contributed by atoms with Crippen molar-refractivity contribution in [2.24, 2.45) is 0 Å². The number of hydrogen-bond acceptors (Lipinski definition) is 6. The number of ether oxygens (including phenoxy) is 2. The van der Waals surface area contributed by atoms with E-state index in [1.165, 1.54) is 15.9 Å². The molecular formula is C21H18BrN3O3S. The van der Waals surface area contributed by atoms with Crippen LogP contribution in [0.15, 0.2) is 51.7 Å². The average Bonchev–Trinajstić information content (AvgIpc) is 3.25. The summed E-state index contributed by atoms with van der Waals surface area (Å²) in [6.07, 6.45) is 1.82. The summed E-state index contributed by atoms with van der Waals surface area (Å²) in [4.78, 5) is 17.9. The number of aromatic nitrogens is 3. The number of benzene rings is 2. The summed E-state index contributed by atoms with van der Waals surface area (Å²) >= 11 is 4.72. The Morgan fingerprint density at radius 1 is 1.07 bits per heavy atom. The maximum absolute atomic E-state index is 12.8. The summed E-state index contributed by atoms with van der Waals surface area (Å²) in [6.45, 7) is 4.94. The standard InChI is InChI=1S/C21H18BrN3O3S/c1-3-27-16-10-5-13(11-17(16)28-4-2)12-18-20(26)25-21(29-18)23-19(24-25)14-6-8-15(22)9-7-14/h5-12H,3-4H2,1-2H3. The van der Waals surface area contributed by atoms with Crippen LogP contribution < -0.4 is 19.6 Å². The Kier molecular flexibility index (Phi) is 5.64. The minimum atomic E-state index is -0.187. The minimum Gasteiger partial charge on any atom is -0.490 e. The molecule has 2 aromatic heterocycles. The van der Waals surface area contributed by atoms with Crippen LogP contribution in [-0.4, -0.2) is 27.8 Å². The minimum absolute atomic E-state index is 0.187. The van der Waals surface area contributed by atoms with Gasteiger partial charge in [0.25, 0.3) is 5.56 Å². The number of fused-ring (bicyclic) bond motifs is 1. The van der Waals surface area contributed by atoms with E-state index in [-0.39, 0.29) is 5.56 Å². The lowest BCUT2D eigenvalue weighted by Crippen LogP contribution is -2.23.